The van der Waals surface area contributed by atoms with E-state index < -0.39 is 6.10 Å². The summed E-state index contributed by atoms with van der Waals surface area (Å²) in [6.07, 6.45) is 5.93. The first-order valence-electron chi connectivity index (χ1n) is 8.49. The van der Waals surface area contributed by atoms with Crippen LogP contribution in [0.15, 0.2) is 48.5 Å². The van der Waals surface area contributed by atoms with Crippen LogP contribution in [0, 0.1) is 0 Å². The highest BCUT2D eigenvalue weighted by Gasteiger charge is 2.16. The summed E-state index contributed by atoms with van der Waals surface area (Å²) in [6.45, 7) is 0.811. The van der Waals surface area contributed by atoms with Crippen LogP contribution < -0.4 is 5.32 Å². The predicted molar refractivity (Wildman–Crippen MR) is 95.7 cm³/mol. The first-order valence-corrected chi connectivity index (χ1v) is 8.86. The second-order valence-corrected chi connectivity index (χ2v) is 6.81. The minimum Gasteiger partial charge on any atom is -0.384 e. The predicted octanol–water partition coefficient (Wildman–Crippen LogP) is 4.84. The molecule has 3 rings (SSSR count). The van der Waals surface area contributed by atoms with E-state index in [9.17, 15) is 5.11 Å². The van der Waals surface area contributed by atoms with E-state index in [1.165, 1.54) is 37.7 Å². The molecule has 2 nitrogen and oxygen atoms in total. The molecule has 1 fully saturated rings. The van der Waals surface area contributed by atoms with Crippen molar-refractivity contribution in [1.82, 2.24) is 5.32 Å². The topological polar surface area (TPSA) is 32.3 Å². The largest absolute Gasteiger partial charge is 0.384 e. The summed E-state index contributed by atoms with van der Waals surface area (Å²) in [5.74, 6) is 0. The molecule has 0 radical (unpaired) electrons. The normalized spacial score (nSPS) is 17.1. The van der Waals surface area contributed by atoms with Gasteiger partial charge < -0.3 is 10.4 Å². The van der Waals surface area contributed by atoms with Gasteiger partial charge >= 0.3 is 0 Å². The molecule has 1 aliphatic rings. The van der Waals surface area contributed by atoms with Crippen LogP contribution in [0.25, 0.3) is 0 Å². The number of rotatable bonds is 5. The second kappa shape index (κ2) is 7.96. The van der Waals surface area contributed by atoms with Crippen molar-refractivity contribution < 1.29 is 5.11 Å². The maximum absolute atomic E-state index is 10.7. The Bertz CT molecular complexity index is 620. The molecular formula is C20H24ClNO. The van der Waals surface area contributed by atoms with Gasteiger partial charge in [0.1, 0.15) is 6.10 Å². The van der Waals surface area contributed by atoms with E-state index in [4.69, 9.17) is 11.6 Å². The summed E-state index contributed by atoms with van der Waals surface area (Å²) >= 11 is 5.94. The highest BCUT2D eigenvalue weighted by atomic mass is 35.5. The van der Waals surface area contributed by atoms with Gasteiger partial charge in [0, 0.05) is 17.6 Å². The Kier molecular flexibility index (Phi) is 5.71. The molecule has 0 bridgehead atoms. The van der Waals surface area contributed by atoms with E-state index in [1.807, 2.05) is 42.5 Å². The number of hydrogen-bond donors (Lipinski definition) is 2. The molecule has 1 saturated carbocycles. The quantitative estimate of drug-likeness (QED) is 0.822. The van der Waals surface area contributed by atoms with Gasteiger partial charge in [0.2, 0.25) is 0 Å². The van der Waals surface area contributed by atoms with E-state index in [0.717, 1.165) is 17.7 Å². The third kappa shape index (κ3) is 4.35. The lowest BCUT2D eigenvalue weighted by molar-refractivity contribution is 0.218. The zero-order valence-electron chi connectivity index (χ0n) is 13.3. The zero-order valence-corrected chi connectivity index (χ0v) is 14.1. The molecule has 3 heteroatoms. The van der Waals surface area contributed by atoms with E-state index in [2.05, 4.69) is 11.4 Å². The van der Waals surface area contributed by atoms with Gasteiger partial charge in [-0.25, -0.2) is 0 Å². The Morgan fingerprint density at radius 1 is 1.00 bits per heavy atom. The van der Waals surface area contributed by atoms with Crippen molar-refractivity contribution in [3.05, 3.63) is 70.2 Å². The van der Waals surface area contributed by atoms with Crippen molar-refractivity contribution in [3.8, 4) is 0 Å². The van der Waals surface area contributed by atoms with Crippen molar-refractivity contribution in [3.63, 3.8) is 0 Å². The summed E-state index contributed by atoms with van der Waals surface area (Å²) in [6, 6.07) is 16.2. The fraction of sp³-hybridized carbons (Fsp3) is 0.400. The Morgan fingerprint density at radius 3 is 2.43 bits per heavy atom. The van der Waals surface area contributed by atoms with E-state index in [-0.39, 0.29) is 0 Å². The van der Waals surface area contributed by atoms with E-state index >= 15 is 0 Å². The molecule has 0 amide bonds. The van der Waals surface area contributed by atoms with Crippen molar-refractivity contribution in [2.75, 3.05) is 0 Å². The summed E-state index contributed by atoms with van der Waals surface area (Å²) < 4.78 is 0. The lowest BCUT2D eigenvalue weighted by Crippen LogP contribution is -2.30. The van der Waals surface area contributed by atoms with Crippen molar-refractivity contribution in [2.24, 2.45) is 0 Å². The molecule has 0 aromatic heterocycles. The number of halogens is 1. The maximum Gasteiger partial charge on any atom is 0.104 e. The Hall–Kier alpha value is -1.35. The van der Waals surface area contributed by atoms with Gasteiger partial charge in [-0.2, -0.15) is 0 Å². The lowest BCUT2D eigenvalue weighted by Gasteiger charge is -2.24. The fourth-order valence-electron chi connectivity index (χ4n) is 3.35. The summed E-state index contributed by atoms with van der Waals surface area (Å²) in [4.78, 5) is 0. The molecule has 0 unspecified atom stereocenters. The summed E-state index contributed by atoms with van der Waals surface area (Å²) in [5, 5.41) is 15.1. The van der Waals surface area contributed by atoms with Gasteiger partial charge in [-0.05, 0) is 41.7 Å². The molecule has 0 spiro atoms. The van der Waals surface area contributed by atoms with Gasteiger partial charge in [-0.3, -0.25) is 0 Å². The number of aliphatic hydroxyl groups is 1. The molecule has 0 saturated heterocycles. The second-order valence-electron chi connectivity index (χ2n) is 6.37. The van der Waals surface area contributed by atoms with Crippen LogP contribution in [-0.4, -0.2) is 11.1 Å². The molecule has 0 aliphatic heterocycles. The van der Waals surface area contributed by atoms with Crippen molar-refractivity contribution >= 4 is 11.6 Å². The monoisotopic (exact) mass is 329 g/mol. The molecule has 23 heavy (non-hydrogen) atoms. The van der Waals surface area contributed by atoms with Crippen LogP contribution in [0.2, 0.25) is 5.02 Å². The lowest BCUT2D eigenvalue weighted by atomic mass is 9.94. The number of nitrogens with one attached hydrogen (secondary N) is 1. The van der Waals surface area contributed by atoms with Crippen LogP contribution in [0.1, 0.15) is 54.9 Å². The molecule has 122 valence electrons. The Balaban J connectivity index is 1.72. The van der Waals surface area contributed by atoms with E-state index in [1.54, 1.807) is 0 Å². The third-order valence-corrected chi connectivity index (χ3v) is 4.97. The van der Waals surface area contributed by atoms with Gasteiger partial charge in [-0.1, -0.05) is 67.3 Å². The Morgan fingerprint density at radius 2 is 1.70 bits per heavy atom. The molecule has 0 heterocycles. The highest BCUT2D eigenvalue weighted by Crippen LogP contribution is 2.26. The van der Waals surface area contributed by atoms with Crippen LogP contribution in [0.4, 0.5) is 0 Å². The molecule has 1 atom stereocenters. The Labute approximate surface area is 143 Å². The molecule has 2 N–H and O–H groups in total. The van der Waals surface area contributed by atoms with Gasteiger partial charge in [0.05, 0.1) is 0 Å². The van der Waals surface area contributed by atoms with Crippen molar-refractivity contribution in [2.45, 2.75) is 50.8 Å². The SMILES string of the molecule is O[C@@H](c1ccc(Cl)cc1)c1ccccc1CNC1CCCCC1. The molecule has 1 aliphatic carbocycles. The molecule has 2 aromatic carbocycles. The zero-order chi connectivity index (χ0) is 16.1. The van der Waals surface area contributed by atoms with Gasteiger partial charge in [0.25, 0.3) is 0 Å². The van der Waals surface area contributed by atoms with Crippen molar-refractivity contribution in [1.29, 1.82) is 0 Å². The van der Waals surface area contributed by atoms with Crippen LogP contribution in [0.3, 0.4) is 0 Å². The van der Waals surface area contributed by atoms with E-state index in [0.29, 0.717) is 11.1 Å². The number of hydrogen-bond acceptors (Lipinski definition) is 2. The van der Waals surface area contributed by atoms with Gasteiger partial charge in [-0.15, -0.1) is 0 Å². The summed E-state index contributed by atoms with van der Waals surface area (Å²) in [7, 11) is 0. The maximum atomic E-state index is 10.7. The fourth-order valence-corrected chi connectivity index (χ4v) is 3.47. The number of benzene rings is 2. The highest BCUT2D eigenvalue weighted by molar-refractivity contribution is 6.30. The van der Waals surface area contributed by atoms with Crippen LogP contribution in [0.5, 0.6) is 0 Å². The molecule has 2 aromatic rings. The van der Waals surface area contributed by atoms with Gasteiger partial charge in [0.15, 0.2) is 0 Å². The average Bonchev–Trinajstić information content (AvgIpc) is 2.61. The molecular weight excluding hydrogens is 306 g/mol. The average molecular weight is 330 g/mol. The third-order valence-electron chi connectivity index (χ3n) is 4.72. The van der Waals surface area contributed by atoms with Crippen LogP contribution in [-0.2, 0) is 6.54 Å². The van der Waals surface area contributed by atoms with Crippen LogP contribution >= 0.6 is 11.6 Å². The summed E-state index contributed by atoms with van der Waals surface area (Å²) in [5.41, 5.74) is 3.01. The smallest absolute Gasteiger partial charge is 0.104 e. The number of aliphatic hydroxyl groups excluding tert-OH is 1. The minimum atomic E-state index is -0.614. The first-order chi connectivity index (χ1) is 11.2. The standard InChI is InChI=1S/C20H24ClNO/c21-17-12-10-15(11-13-17)20(23)19-9-5-4-6-16(19)14-22-18-7-2-1-3-8-18/h4-6,9-13,18,20,22-23H,1-3,7-8,14H2/t20-/m0/s1. The first kappa shape index (κ1) is 16.5. The minimum absolute atomic E-state index is 0.614.